The second-order valence-corrected chi connectivity index (χ2v) is 7.29. The number of nitrogens with one attached hydrogen (secondary N) is 1. The molecule has 0 amide bonds. The molecule has 4 rings (SSSR count). The molecule has 3 unspecified atom stereocenters. The van der Waals surface area contributed by atoms with Crippen LogP contribution in [0.5, 0.6) is 0 Å². The van der Waals surface area contributed by atoms with Gasteiger partial charge < -0.3 is 5.32 Å². The first-order valence-electron chi connectivity index (χ1n) is 7.93. The van der Waals surface area contributed by atoms with E-state index in [0.29, 0.717) is 11.8 Å². The lowest BCUT2D eigenvalue weighted by Crippen LogP contribution is -2.08. The van der Waals surface area contributed by atoms with E-state index < -0.39 is 0 Å². The van der Waals surface area contributed by atoms with Gasteiger partial charge in [0, 0.05) is 12.3 Å². The van der Waals surface area contributed by atoms with Crippen LogP contribution < -0.4 is 5.32 Å². The number of aryl methyl sites for hydroxylation is 2. The van der Waals surface area contributed by atoms with Gasteiger partial charge in [-0.2, -0.15) is 0 Å². The molecule has 0 bridgehead atoms. The number of hydrogen-bond donors (Lipinski definition) is 1. The average molecular weight is 299 g/mol. The SMILES string of the molecule is CNCCCc1nnc(C2C3CCc4ccccc4C32)s1. The highest BCUT2D eigenvalue weighted by atomic mass is 32.1. The van der Waals surface area contributed by atoms with Crippen LogP contribution in [0.1, 0.15) is 45.8 Å². The van der Waals surface area contributed by atoms with Crippen LogP contribution in [0.2, 0.25) is 0 Å². The van der Waals surface area contributed by atoms with Crippen molar-refractivity contribution < 1.29 is 0 Å². The topological polar surface area (TPSA) is 37.8 Å². The minimum atomic E-state index is 0.643. The largest absolute Gasteiger partial charge is 0.320 e. The zero-order valence-corrected chi connectivity index (χ0v) is 13.2. The standard InChI is InChI=1S/C17H21N3S/c1-18-10-4-7-14-19-20-17(21-14)16-13-9-8-11-5-2-3-6-12(11)15(13)16/h2-3,5-6,13,15-16,18H,4,7-10H2,1H3. The summed E-state index contributed by atoms with van der Waals surface area (Å²) < 4.78 is 0. The van der Waals surface area contributed by atoms with Crippen LogP contribution in [0.3, 0.4) is 0 Å². The predicted molar refractivity (Wildman–Crippen MR) is 85.9 cm³/mol. The summed E-state index contributed by atoms with van der Waals surface area (Å²) in [5.41, 5.74) is 3.13. The minimum absolute atomic E-state index is 0.643. The monoisotopic (exact) mass is 299 g/mol. The van der Waals surface area contributed by atoms with Crippen LogP contribution in [0.4, 0.5) is 0 Å². The van der Waals surface area contributed by atoms with E-state index >= 15 is 0 Å². The number of hydrogen-bond acceptors (Lipinski definition) is 4. The fourth-order valence-electron chi connectivity index (χ4n) is 3.82. The van der Waals surface area contributed by atoms with E-state index in [1.54, 1.807) is 11.1 Å². The summed E-state index contributed by atoms with van der Waals surface area (Å²) >= 11 is 1.84. The Morgan fingerprint density at radius 3 is 3.05 bits per heavy atom. The van der Waals surface area contributed by atoms with Crippen molar-refractivity contribution in [3.63, 3.8) is 0 Å². The van der Waals surface area contributed by atoms with Gasteiger partial charge in [0.1, 0.15) is 10.0 Å². The molecule has 0 saturated heterocycles. The van der Waals surface area contributed by atoms with Crippen molar-refractivity contribution >= 4 is 11.3 Å². The number of fused-ring (bicyclic) bond motifs is 3. The highest BCUT2D eigenvalue weighted by Crippen LogP contribution is 2.65. The third-order valence-electron chi connectivity index (χ3n) is 4.91. The summed E-state index contributed by atoms with van der Waals surface area (Å²) in [7, 11) is 2.00. The Labute approximate surface area is 129 Å². The van der Waals surface area contributed by atoms with Gasteiger partial charge in [-0.15, -0.1) is 21.5 Å². The summed E-state index contributed by atoms with van der Waals surface area (Å²) in [6.45, 7) is 1.05. The molecule has 4 heteroatoms. The van der Waals surface area contributed by atoms with Gasteiger partial charge in [-0.05, 0) is 55.8 Å². The molecule has 1 fully saturated rings. The van der Waals surface area contributed by atoms with Crippen molar-refractivity contribution in [2.24, 2.45) is 5.92 Å². The maximum Gasteiger partial charge on any atom is 0.121 e. The second-order valence-electron chi connectivity index (χ2n) is 6.19. The molecule has 1 saturated carbocycles. The van der Waals surface area contributed by atoms with Gasteiger partial charge in [0.05, 0.1) is 0 Å². The molecule has 1 heterocycles. The van der Waals surface area contributed by atoms with Gasteiger partial charge in [0.15, 0.2) is 0 Å². The third kappa shape index (κ3) is 2.40. The first-order chi connectivity index (χ1) is 10.4. The molecule has 1 aromatic carbocycles. The van der Waals surface area contributed by atoms with Gasteiger partial charge in [0.25, 0.3) is 0 Å². The fourth-order valence-corrected chi connectivity index (χ4v) is 4.93. The number of rotatable bonds is 5. The predicted octanol–water partition coefficient (Wildman–Crippen LogP) is 3.13. The molecule has 2 aromatic rings. The molecule has 0 radical (unpaired) electrons. The van der Waals surface area contributed by atoms with Crippen LogP contribution in [0.15, 0.2) is 24.3 Å². The Morgan fingerprint density at radius 1 is 1.24 bits per heavy atom. The van der Waals surface area contributed by atoms with E-state index in [0.717, 1.165) is 25.3 Å². The molecule has 0 spiro atoms. The normalized spacial score (nSPS) is 26.2. The highest BCUT2D eigenvalue weighted by Gasteiger charge is 2.55. The Morgan fingerprint density at radius 2 is 2.14 bits per heavy atom. The maximum absolute atomic E-state index is 4.50. The molecule has 2 aliphatic rings. The van der Waals surface area contributed by atoms with Gasteiger partial charge in [-0.3, -0.25) is 0 Å². The molecule has 2 aliphatic carbocycles. The Hall–Kier alpha value is -1.26. The zero-order valence-electron chi connectivity index (χ0n) is 12.4. The van der Waals surface area contributed by atoms with E-state index in [9.17, 15) is 0 Å². The summed E-state index contributed by atoms with van der Waals surface area (Å²) in [4.78, 5) is 0. The summed E-state index contributed by atoms with van der Waals surface area (Å²) in [6.07, 6.45) is 4.76. The van der Waals surface area contributed by atoms with Gasteiger partial charge >= 0.3 is 0 Å². The van der Waals surface area contributed by atoms with Gasteiger partial charge in [0.2, 0.25) is 0 Å². The lowest BCUT2D eigenvalue weighted by Gasteiger charge is -2.13. The van der Waals surface area contributed by atoms with E-state index in [4.69, 9.17) is 0 Å². The smallest absolute Gasteiger partial charge is 0.121 e. The van der Waals surface area contributed by atoms with Crippen molar-refractivity contribution in [1.29, 1.82) is 0 Å². The highest BCUT2D eigenvalue weighted by molar-refractivity contribution is 7.11. The molecule has 3 atom stereocenters. The summed E-state index contributed by atoms with van der Waals surface area (Å²) in [5.74, 6) is 2.18. The molecular formula is C17H21N3S. The van der Waals surface area contributed by atoms with Crippen LogP contribution >= 0.6 is 11.3 Å². The van der Waals surface area contributed by atoms with Crippen molar-refractivity contribution in [3.8, 4) is 0 Å². The quantitative estimate of drug-likeness (QED) is 0.862. The Bertz CT molecular complexity index is 636. The van der Waals surface area contributed by atoms with Crippen molar-refractivity contribution in [2.45, 2.75) is 37.5 Å². The second kappa shape index (κ2) is 5.50. The minimum Gasteiger partial charge on any atom is -0.320 e. The average Bonchev–Trinajstić information content (AvgIpc) is 3.09. The summed E-state index contributed by atoms with van der Waals surface area (Å²) in [5, 5.41) is 14.6. The molecule has 1 aromatic heterocycles. The van der Waals surface area contributed by atoms with E-state index in [2.05, 4.69) is 39.8 Å². The fraction of sp³-hybridized carbons (Fsp3) is 0.529. The number of nitrogens with zero attached hydrogens (tertiary/aromatic N) is 2. The molecule has 21 heavy (non-hydrogen) atoms. The third-order valence-corrected chi connectivity index (χ3v) is 6.00. The van der Waals surface area contributed by atoms with Crippen molar-refractivity contribution in [2.75, 3.05) is 13.6 Å². The molecular weight excluding hydrogens is 278 g/mol. The van der Waals surface area contributed by atoms with Crippen molar-refractivity contribution in [1.82, 2.24) is 15.5 Å². The number of aromatic nitrogens is 2. The molecule has 0 aliphatic heterocycles. The van der Waals surface area contributed by atoms with Crippen LogP contribution in [0, 0.1) is 5.92 Å². The molecule has 1 N–H and O–H groups in total. The van der Waals surface area contributed by atoms with Crippen molar-refractivity contribution in [3.05, 3.63) is 45.4 Å². The number of benzene rings is 1. The lowest BCUT2D eigenvalue weighted by molar-refractivity contribution is 0.658. The zero-order chi connectivity index (χ0) is 14.2. The first kappa shape index (κ1) is 13.4. The lowest BCUT2D eigenvalue weighted by atomic mass is 9.92. The van der Waals surface area contributed by atoms with E-state index in [-0.39, 0.29) is 0 Å². The molecule has 110 valence electrons. The Balaban J connectivity index is 1.50. The molecule has 3 nitrogen and oxygen atoms in total. The van der Waals surface area contributed by atoms with Crippen LogP contribution in [-0.4, -0.2) is 23.8 Å². The van der Waals surface area contributed by atoms with Crippen LogP contribution in [-0.2, 0) is 12.8 Å². The van der Waals surface area contributed by atoms with Gasteiger partial charge in [-0.1, -0.05) is 24.3 Å². The van der Waals surface area contributed by atoms with Crippen LogP contribution in [0.25, 0.3) is 0 Å². The van der Waals surface area contributed by atoms with E-state index in [1.165, 1.54) is 22.9 Å². The summed E-state index contributed by atoms with van der Waals surface area (Å²) in [6, 6.07) is 8.96. The van der Waals surface area contributed by atoms with E-state index in [1.807, 2.05) is 18.4 Å². The van der Waals surface area contributed by atoms with Gasteiger partial charge in [-0.25, -0.2) is 0 Å². The maximum atomic E-state index is 4.50. The first-order valence-corrected chi connectivity index (χ1v) is 8.75. The Kier molecular flexibility index (Phi) is 3.51.